The molecular formula is C13H19BrN2. The number of hydrogen-bond donors (Lipinski definition) is 0. The third-order valence-corrected chi connectivity index (χ3v) is 4.36. The maximum absolute atomic E-state index is 4.63. The number of rotatable bonds is 2. The van der Waals surface area contributed by atoms with Gasteiger partial charge >= 0.3 is 0 Å². The molecular weight excluding hydrogens is 264 g/mol. The molecule has 0 spiro atoms. The Labute approximate surface area is 106 Å². The molecule has 0 N–H and O–H groups in total. The summed E-state index contributed by atoms with van der Waals surface area (Å²) in [6, 6.07) is 4.22. The first-order valence-corrected chi connectivity index (χ1v) is 6.88. The number of halogens is 1. The first kappa shape index (κ1) is 11.9. The summed E-state index contributed by atoms with van der Waals surface area (Å²) in [6.45, 7) is 6.66. The number of nitrogens with zero attached hydrogens (tertiary/aromatic N) is 2. The second kappa shape index (κ2) is 5.17. The molecule has 16 heavy (non-hydrogen) atoms. The molecule has 0 aliphatic carbocycles. The smallest absolute Gasteiger partial charge is 0.128 e. The van der Waals surface area contributed by atoms with Crippen molar-refractivity contribution < 1.29 is 0 Å². The highest BCUT2D eigenvalue weighted by atomic mass is 79.9. The van der Waals surface area contributed by atoms with Gasteiger partial charge in [-0.05, 0) is 53.7 Å². The lowest BCUT2D eigenvalue weighted by molar-refractivity contribution is 0.393. The van der Waals surface area contributed by atoms with E-state index in [0.29, 0.717) is 0 Å². The lowest BCUT2D eigenvalue weighted by Crippen LogP contribution is -2.34. The van der Waals surface area contributed by atoms with Crippen LogP contribution in [0.25, 0.3) is 0 Å². The normalized spacial score (nSPS) is 17.8. The Balaban J connectivity index is 2.05. The predicted octanol–water partition coefficient (Wildman–Crippen LogP) is 3.78. The van der Waals surface area contributed by atoms with Crippen molar-refractivity contribution in [3.63, 3.8) is 0 Å². The lowest BCUT2D eigenvalue weighted by atomic mass is 9.94. The molecule has 0 unspecified atom stereocenters. The maximum atomic E-state index is 4.63. The second-order valence-corrected chi connectivity index (χ2v) is 5.43. The first-order chi connectivity index (χ1) is 7.70. The number of anilines is 1. The van der Waals surface area contributed by atoms with Crippen LogP contribution in [0.15, 0.2) is 16.6 Å². The largest absolute Gasteiger partial charge is 0.357 e. The van der Waals surface area contributed by atoms with Gasteiger partial charge in [0.05, 0.1) is 5.69 Å². The molecule has 1 aliphatic rings. The molecule has 0 amide bonds. The van der Waals surface area contributed by atoms with Crippen LogP contribution in [0.2, 0.25) is 0 Å². The standard InChI is InChI=1S/C13H19BrN2/c1-3-11-6-8-16(9-7-11)13-5-4-12(14)10(2)15-13/h4-5,11H,3,6-9H2,1-2H3. The molecule has 0 aromatic carbocycles. The summed E-state index contributed by atoms with van der Waals surface area (Å²) in [5, 5.41) is 0. The molecule has 1 aromatic heterocycles. The van der Waals surface area contributed by atoms with Crippen LogP contribution >= 0.6 is 15.9 Å². The maximum Gasteiger partial charge on any atom is 0.128 e. The number of aryl methyl sites for hydroxylation is 1. The molecule has 3 heteroatoms. The van der Waals surface area contributed by atoms with E-state index in [-0.39, 0.29) is 0 Å². The lowest BCUT2D eigenvalue weighted by Gasteiger charge is -2.32. The fraction of sp³-hybridized carbons (Fsp3) is 0.615. The molecule has 0 atom stereocenters. The van der Waals surface area contributed by atoms with Crippen molar-refractivity contribution in [3.05, 3.63) is 22.3 Å². The van der Waals surface area contributed by atoms with Gasteiger partial charge in [0.25, 0.3) is 0 Å². The molecule has 0 saturated carbocycles. The van der Waals surface area contributed by atoms with Gasteiger partial charge in [-0.1, -0.05) is 13.3 Å². The molecule has 2 heterocycles. The molecule has 1 saturated heterocycles. The van der Waals surface area contributed by atoms with Gasteiger partial charge in [-0.25, -0.2) is 4.98 Å². The highest BCUT2D eigenvalue weighted by Crippen LogP contribution is 2.25. The number of aromatic nitrogens is 1. The van der Waals surface area contributed by atoms with E-state index in [4.69, 9.17) is 0 Å². The van der Waals surface area contributed by atoms with Gasteiger partial charge in [-0.3, -0.25) is 0 Å². The number of piperidine rings is 1. The van der Waals surface area contributed by atoms with Gasteiger partial charge in [-0.2, -0.15) is 0 Å². The van der Waals surface area contributed by atoms with Gasteiger partial charge < -0.3 is 4.90 Å². The van der Waals surface area contributed by atoms with Crippen LogP contribution in [0.4, 0.5) is 5.82 Å². The number of pyridine rings is 1. The molecule has 0 bridgehead atoms. The predicted molar refractivity (Wildman–Crippen MR) is 71.9 cm³/mol. The summed E-state index contributed by atoms with van der Waals surface area (Å²) >= 11 is 3.49. The highest BCUT2D eigenvalue weighted by molar-refractivity contribution is 9.10. The zero-order valence-electron chi connectivity index (χ0n) is 10.0. The van der Waals surface area contributed by atoms with Crippen LogP contribution in [0.1, 0.15) is 31.9 Å². The molecule has 2 rings (SSSR count). The average Bonchev–Trinajstić information content (AvgIpc) is 2.33. The fourth-order valence-corrected chi connectivity index (χ4v) is 2.50. The van der Waals surface area contributed by atoms with Crippen molar-refractivity contribution >= 4 is 21.7 Å². The molecule has 1 aliphatic heterocycles. The van der Waals surface area contributed by atoms with Crippen molar-refractivity contribution in [2.24, 2.45) is 5.92 Å². The summed E-state index contributed by atoms with van der Waals surface area (Å²) in [5.41, 5.74) is 1.08. The third kappa shape index (κ3) is 2.57. The molecule has 2 nitrogen and oxygen atoms in total. The van der Waals surface area contributed by atoms with Crippen LogP contribution < -0.4 is 4.90 Å². The van der Waals surface area contributed by atoms with E-state index in [9.17, 15) is 0 Å². The quantitative estimate of drug-likeness (QED) is 0.821. The monoisotopic (exact) mass is 282 g/mol. The van der Waals surface area contributed by atoms with Crippen molar-refractivity contribution in [2.75, 3.05) is 18.0 Å². The summed E-state index contributed by atoms with van der Waals surface area (Å²) in [6.07, 6.45) is 3.95. The van der Waals surface area contributed by atoms with Crippen LogP contribution in [0, 0.1) is 12.8 Å². The Kier molecular flexibility index (Phi) is 3.85. The topological polar surface area (TPSA) is 16.1 Å². The van der Waals surface area contributed by atoms with E-state index < -0.39 is 0 Å². The SMILES string of the molecule is CCC1CCN(c2ccc(Br)c(C)n2)CC1. The highest BCUT2D eigenvalue weighted by Gasteiger charge is 2.18. The van der Waals surface area contributed by atoms with E-state index in [0.717, 1.165) is 35.0 Å². The minimum Gasteiger partial charge on any atom is -0.357 e. The summed E-state index contributed by atoms with van der Waals surface area (Å²) < 4.78 is 1.10. The van der Waals surface area contributed by atoms with Crippen molar-refractivity contribution in [2.45, 2.75) is 33.1 Å². The Morgan fingerprint density at radius 2 is 2.06 bits per heavy atom. The zero-order valence-corrected chi connectivity index (χ0v) is 11.6. The van der Waals surface area contributed by atoms with Crippen LogP contribution in [-0.2, 0) is 0 Å². The van der Waals surface area contributed by atoms with Gasteiger partial charge in [0.15, 0.2) is 0 Å². The van der Waals surface area contributed by atoms with Crippen LogP contribution in [0.5, 0.6) is 0 Å². The molecule has 88 valence electrons. The Bertz CT molecular complexity index is 357. The first-order valence-electron chi connectivity index (χ1n) is 6.08. The van der Waals surface area contributed by atoms with E-state index >= 15 is 0 Å². The minimum absolute atomic E-state index is 0.924. The molecule has 0 radical (unpaired) electrons. The van der Waals surface area contributed by atoms with E-state index in [1.54, 1.807) is 0 Å². The van der Waals surface area contributed by atoms with Crippen LogP contribution in [0.3, 0.4) is 0 Å². The summed E-state index contributed by atoms with van der Waals surface area (Å²) in [7, 11) is 0. The van der Waals surface area contributed by atoms with Crippen molar-refractivity contribution in [1.29, 1.82) is 0 Å². The Morgan fingerprint density at radius 3 is 2.62 bits per heavy atom. The summed E-state index contributed by atoms with van der Waals surface area (Å²) in [5.74, 6) is 2.06. The zero-order chi connectivity index (χ0) is 11.5. The van der Waals surface area contributed by atoms with E-state index in [1.165, 1.54) is 19.3 Å². The molecule has 1 fully saturated rings. The Morgan fingerprint density at radius 1 is 1.38 bits per heavy atom. The molecule has 1 aromatic rings. The van der Waals surface area contributed by atoms with Gasteiger partial charge in [0.2, 0.25) is 0 Å². The van der Waals surface area contributed by atoms with Gasteiger partial charge in [-0.15, -0.1) is 0 Å². The van der Waals surface area contributed by atoms with E-state index in [2.05, 4.69) is 44.9 Å². The number of hydrogen-bond acceptors (Lipinski definition) is 2. The minimum atomic E-state index is 0.924. The van der Waals surface area contributed by atoms with Gasteiger partial charge in [0.1, 0.15) is 5.82 Å². The summed E-state index contributed by atoms with van der Waals surface area (Å²) in [4.78, 5) is 7.03. The Hall–Kier alpha value is -0.570. The third-order valence-electron chi connectivity index (χ3n) is 3.52. The average molecular weight is 283 g/mol. The van der Waals surface area contributed by atoms with Crippen LogP contribution in [-0.4, -0.2) is 18.1 Å². The van der Waals surface area contributed by atoms with Gasteiger partial charge in [0, 0.05) is 17.6 Å². The van der Waals surface area contributed by atoms with Crippen molar-refractivity contribution in [1.82, 2.24) is 4.98 Å². The van der Waals surface area contributed by atoms with E-state index in [1.807, 2.05) is 6.92 Å². The fourth-order valence-electron chi connectivity index (χ4n) is 2.28. The van der Waals surface area contributed by atoms with Crippen molar-refractivity contribution in [3.8, 4) is 0 Å². The second-order valence-electron chi connectivity index (χ2n) is 4.58.